The summed E-state index contributed by atoms with van der Waals surface area (Å²) in [6, 6.07) is 11.2. The van der Waals surface area contributed by atoms with Crippen molar-refractivity contribution < 1.29 is 9.53 Å². The molecule has 2 aromatic rings. The molecule has 0 unspecified atom stereocenters. The zero-order valence-corrected chi connectivity index (χ0v) is 12.7. The lowest BCUT2D eigenvalue weighted by molar-refractivity contribution is 0.0602. The number of hydrogen-bond acceptors (Lipinski definition) is 4. The molecule has 4 nitrogen and oxygen atoms in total. The van der Waals surface area contributed by atoms with Gasteiger partial charge in [-0.3, -0.25) is 0 Å². The molecule has 0 aliphatic carbocycles. The zero-order chi connectivity index (χ0) is 15.4. The number of nitrogens with one attached hydrogen (secondary N) is 1. The average molecular weight is 305 g/mol. The van der Waals surface area contributed by atoms with E-state index in [1.807, 2.05) is 25.1 Å². The number of halogens is 1. The van der Waals surface area contributed by atoms with Crippen LogP contribution in [0.15, 0.2) is 36.4 Å². The van der Waals surface area contributed by atoms with Crippen molar-refractivity contribution in [2.75, 3.05) is 18.2 Å². The van der Waals surface area contributed by atoms with E-state index in [0.29, 0.717) is 28.5 Å². The van der Waals surface area contributed by atoms with Gasteiger partial charge in [0.25, 0.3) is 0 Å². The summed E-state index contributed by atoms with van der Waals surface area (Å²) in [6.45, 7) is 2.58. The van der Waals surface area contributed by atoms with Crippen LogP contribution in [-0.2, 0) is 11.3 Å². The van der Waals surface area contributed by atoms with Crippen molar-refractivity contribution >= 4 is 28.9 Å². The van der Waals surface area contributed by atoms with Gasteiger partial charge in [0.15, 0.2) is 0 Å². The molecule has 2 aromatic carbocycles. The maximum Gasteiger partial charge on any atom is 0.340 e. The maximum atomic E-state index is 11.8. The molecule has 0 fully saturated rings. The molecule has 0 spiro atoms. The summed E-state index contributed by atoms with van der Waals surface area (Å²) in [7, 11) is 1.32. The molecule has 110 valence electrons. The number of nitrogen functional groups attached to an aromatic ring is 1. The first-order chi connectivity index (χ1) is 10.0. The fourth-order valence-corrected chi connectivity index (χ4v) is 2.39. The van der Waals surface area contributed by atoms with Gasteiger partial charge in [0.2, 0.25) is 0 Å². The lowest BCUT2D eigenvalue weighted by Crippen LogP contribution is -2.10. The smallest absolute Gasteiger partial charge is 0.340 e. The van der Waals surface area contributed by atoms with Crippen molar-refractivity contribution in [3.05, 3.63) is 58.1 Å². The van der Waals surface area contributed by atoms with Crippen molar-refractivity contribution in [1.82, 2.24) is 0 Å². The Morgan fingerprint density at radius 2 is 2.10 bits per heavy atom. The number of carbonyl (C=O) groups is 1. The van der Waals surface area contributed by atoms with Gasteiger partial charge in [-0.05, 0) is 24.6 Å². The molecular weight excluding hydrogens is 288 g/mol. The highest BCUT2D eigenvalue weighted by atomic mass is 35.5. The third kappa shape index (κ3) is 3.67. The standard InChI is InChI=1S/C16H17ClN2O2/c1-10-4-3-5-11(6-10)9-19-15-13(16(20)21-2)7-12(18)8-14(15)17/h3-8,19H,9,18H2,1-2H3. The van der Waals surface area contributed by atoms with E-state index in [1.54, 1.807) is 12.1 Å². The Morgan fingerprint density at radius 1 is 1.33 bits per heavy atom. The van der Waals surface area contributed by atoms with E-state index in [0.717, 1.165) is 5.56 Å². The van der Waals surface area contributed by atoms with Crippen LogP contribution in [0.3, 0.4) is 0 Å². The van der Waals surface area contributed by atoms with Crippen LogP contribution in [0.2, 0.25) is 5.02 Å². The Hall–Kier alpha value is -2.20. The second-order valence-electron chi connectivity index (χ2n) is 4.76. The number of nitrogens with two attached hydrogens (primary N) is 1. The molecule has 3 N–H and O–H groups in total. The highest BCUT2D eigenvalue weighted by Crippen LogP contribution is 2.30. The minimum absolute atomic E-state index is 0.329. The van der Waals surface area contributed by atoms with Crippen LogP contribution in [0.25, 0.3) is 0 Å². The number of aryl methyl sites for hydroxylation is 1. The molecule has 5 heteroatoms. The van der Waals surface area contributed by atoms with Crippen molar-refractivity contribution in [2.24, 2.45) is 0 Å². The van der Waals surface area contributed by atoms with Gasteiger partial charge >= 0.3 is 5.97 Å². The molecule has 0 atom stereocenters. The Morgan fingerprint density at radius 3 is 2.76 bits per heavy atom. The molecule has 0 aliphatic rings. The van der Waals surface area contributed by atoms with Crippen LogP contribution in [0.5, 0.6) is 0 Å². The number of methoxy groups -OCH3 is 1. The number of rotatable bonds is 4. The third-order valence-corrected chi connectivity index (χ3v) is 3.37. The Kier molecular flexibility index (Phi) is 4.70. The molecule has 21 heavy (non-hydrogen) atoms. The number of anilines is 2. The monoisotopic (exact) mass is 304 g/mol. The van der Waals surface area contributed by atoms with Crippen LogP contribution in [0.4, 0.5) is 11.4 Å². The van der Waals surface area contributed by atoms with Crippen molar-refractivity contribution in [3.8, 4) is 0 Å². The van der Waals surface area contributed by atoms with Gasteiger partial charge in [0.1, 0.15) is 0 Å². The largest absolute Gasteiger partial charge is 0.465 e. The highest BCUT2D eigenvalue weighted by molar-refractivity contribution is 6.34. The van der Waals surface area contributed by atoms with E-state index >= 15 is 0 Å². The Labute approximate surface area is 128 Å². The van der Waals surface area contributed by atoms with E-state index < -0.39 is 5.97 Å². The molecule has 0 amide bonds. The third-order valence-electron chi connectivity index (χ3n) is 3.07. The van der Waals surface area contributed by atoms with Crippen molar-refractivity contribution in [1.29, 1.82) is 0 Å². The maximum absolute atomic E-state index is 11.8. The topological polar surface area (TPSA) is 64.3 Å². The van der Waals surface area contributed by atoms with Crippen molar-refractivity contribution in [2.45, 2.75) is 13.5 Å². The van der Waals surface area contributed by atoms with Gasteiger partial charge in [-0.2, -0.15) is 0 Å². The molecule has 0 radical (unpaired) electrons. The molecule has 0 saturated heterocycles. The zero-order valence-electron chi connectivity index (χ0n) is 11.9. The fourth-order valence-electron chi connectivity index (χ4n) is 2.09. The number of carbonyl (C=O) groups excluding carboxylic acids is 1. The van der Waals surface area contributed by atoms with Gasteiger partial charge in [0, 0.05) is 12.2 Å². The molecule has 0 bridgehead atoms. The summed E-state index contributed by atoms with van der Waals surface area (Å²) in [4.78, 5) is 11.8. The highest BCUT2D eigenvalue weighted by Gasteiger charge is 2.16. The second-order valence-corrected chi connectivity index (χ2v) is 5.17. The summed E-state index contributed by atoms with van der Waals surface area (Å²) < 4.78 is 4.76. The molecule has 0 aromatic heterocycles. The number of ether oxygens (including phenoxy) is 1. The Balaban J connectivity index is 2.28. The molecule has 0 saturated carbocycles. The van der Waals surface area contributed by atoms with Gasteiger partial charge in [-0.25, -0.2) is 4.79 Å². The molecule has 0 aliphatic heterocycles. The first-order valence-corrected chi connectivity index (χ1v) is 6.86. The minimum atomic E-state index is -0.476. The summed E-state index contributed by atoms with van der Waals surface area (Å²) in [6.07, 6.45) is 0. The first kappa shape index (κ1) is 15.2. The van der Waals surface area contributed by atoms with E-state index in [-0.39, 0.29) is 0 Å². The van der Waals surface area contributed by atoms with Gasteiger partial charge in [0.05, 0.1) is 23.4 Å². The molecular formula is C16H17ClN2O2. The Bertz CT molecular complexity index is 671. The lowest BCUT2D eigenvalue weighted by Gasteiger charge is -2.14. The summed E-state index contributed by atoms with van der Waals surface area (Å²) in [5, 5.41) is 3.57. The number of hydrogen-bond donors (Lipinski definition) is 2. The van der Waals surface area contributed by atoms with Crippen LogP contribution < -0.4 is 11.1 Å². The van der Waals surface area contributed by atoms with Crippen LogP contribution in [0.1, 0.15) is 21.5 Å². The normalized spacial score (nSPS) is 10.2. The fraction of sp³-hybridized carbons (Fsp3) is 0.188. The number of benzene rings is 2. The number of esters is 1. The van der Waals surface area contributed by atoms with E-state index in [2.05, 4.69) is 11.4 Å². The quantitative estimate of drug-likeness (QED) is 0.669. The average Bonchev–Trinajstić information content (AvgIpc) is 2.45. The van der Waals surface area contributed by atoms with Gasteiger partial charge < -0.3 is 15.8 Å². The minimum Gasteiger partial charge on any atom is -0.465 e. The van der Waals surface area contributed by atoms with Crippen LogP contribution >= 0.6 is 11.6 Å². The summed E-state index contributed by atoms with van der Waals surface area (Å²) in [5.74, 6) is -0.476. The molecule has 0 heterocycles. The predicted molar refractivity (Wildman–Crippen MR) is 85.7 cm³/mol. The van der Waals surface area contributed by atoms with Crippen LogP contribution in [0, 0.1) is 6.92 Å². The summed E-state index contributed by atoms with van der Waals surface area (Å²) >= 11 is 6.18. The van der Waals surface area contributed by atoms with E-state index in [4.69, 9.17) is 22.1 Å². The van der Waals surface area contributed by atoms with Gasteiger partial charge in [-0.1, -0.05) is 41.4 Å². The SMILES string of the molecule is COC(=O)c1cc(N)cc(Cl)c1NCc1cccc(C)c1. The predicted octanol–water partition coefficient (Wildman–Crippen LogP) is 3.63. The second kappa shape index (κ2) is 6.50. The van der Waals surface area contributed by atoms with Gasteiger partial charge in [-0.15, -0.1) is 0 Å². The lowest BCUT2D eigenvalue weighted by atomic mass is 10.1. The van der Waals surface area contributed by atoms with Crippen molar-refractivity contribution in [3.63, 3.8) is 0 Å². The first-order valence-electron chi connectivity index (χ1n) is 6.48. The van der Waals surface area contributed by atoms with E-state index in [9.17, 15) is 4.79 Å². The van der Waals surface area contributed by atoms with Crippen LogP contribution in [-0.4, -0.2) is 13.1 Å². The molecule has 2 rings (SSSR count). The van der Waals surface area contributed by atoms with E-state index in [1.165, 1.54) is 12.7 Å². The summed E-state index contributed by atoms with van der Waals surface area (Å²) in [5.41, 5.74) is 9.27.